The quantitative estimate of drug-likeness (QED) is 0.309. The van der Waals surface area contributed by atoms with Gasteiger partial charge in [0.05, 0.1) is 12.7 Å². The van der Waals surface area contributed by atoms with Gasteiger partial charge >= 0.3 is 0 Å². The van der Waals surface area contributed by atoms with Gasteiger partial charge < -0.3 is 20.1 Å². The first-order valence-corrected chi connectivity index (χ1v) is 14.7. The van der Waals surface area contributed by atoms with E-state index in [1.54, 1.807) is 6.07 Å². The fraction of sp³-hybridized carbons (Fsp3) is 0.576. The summed E-state index contributed by atoms with van der Waals surface area (Å²) in [5, 5.41) is 31.8. The first-order chi connectivity index (χ1) is 18.1. The molecule has 5 rings (SSSR count). The minimum Gasteiger partial charge on any atom is -0.508 e. The smallest absolute Gasteiger partial charge is 0.119 e. The number of hydrogen-bond donors (Lipinski definition) is 3. The first kappa shape index (κ1) is 26.3. The Morgan fingerprint density at radius 3 is 2.35 bits per heavy atom. The molecule has 0 spiro atoms. The standard InChI is InChI=1S/C33H44O4/c34-27-14-9-24(10-15-27)30-19-13-26-22-28(35)16-20-31(26)32(30)33(36)25-11-17-29(18-12-25)37-21-5-4-8-23-6-2-1-3-7-23/h11-12,16-18,20,22-24,27,33-36H,1-10,13-15,19,21H2. The number of aromatic hydroxyl groups is 1. The lowest BCUT2D eigenvalue weighted by molar-refractivity contribution is 0.115. The summed E-state index contributed by atoms with van der Waals surface area (Å²) in [5.74, 6) is 2.46. The second-order valence-electron chi connectivity index (χ2n) is 11.6. The highest BCUT2D eigenvalue weighted by molar-refractivity contribution is 5.77. The molecule has 0 saturated heterocycles. The molecule has 3 aliphatic carbocycles. The molecule has 4 nitrogen and oxygen atoms in total. The predicted octanol–water partition coefficient (Wildman–Crippen LogP) is 7.51. The molecule has 0 aliphatic heterocycles. The topological polar surface area (TPSA) is 69.9 Å². The molecule has 2 aromatic carbocycles. The van der Waals surface area contributed by atoms with Crippen molar-refractivity contribution in [3.05, 3.63) is 64.7 Å². The number of unbranched alkanes of at least 4 members (excludes halogenated alkanes) is 1. The number of phenols is 1. The van der Waals surface area contributed by atoms with Crippen molar-refractivity contribution in [1.82, 2.24) is 0 Å². The SMILES string of the molecule is Oc1ccc2c(c1)CCC(C1CCC(O)CC1)=C2C(O)c1ccc(OCCCCC2CCCCC2)cc1. The van der Waals surface area contributed by atoms with E-state index in [9.17, 15) is 15.3 Å². The van der Waals surface area contributed by atoms with Crippen LogP contribution in [0, 0.1) is 11.8 Å². The lowest BCUT2D eigenvalue weighted by Gasteiger charge is -2.34. The number of aryl methyl sites for hydroxylation is 1. The second-order valence-corrected chi connectivity index (χ2v) is 11.6. The number of hydrogen-bond acceptors (Lipinski definition) is 4. The molecule has 0 amide bonds. The predicted molar refractivity (Wildman–Crippen MR) is 149 cm³/mol. The van der Waals surface area contributed by atoms with Crippen molar-refractivity contribution in [3.8, 4) is 11.5 Å². The van der Waals surface area contributed by atoms with E-state index in [-0.39, 0.29) is 11.9 Å². The van der Waals surface area contributed by atoms with E-state index in [1.807, 2.05) is 36.4 Å². The molecule has 4 heteroatoms. The van der Waals surface area contributed by atoms with Crippen molar-refractivity contribution in [3.63, 3.8) is 0 Å². The van der Waals surface area contributed by atoms with Crippen molar-refractivity contribution >= 4 is 5.57 Å². The summed E-state index contributed by atoms with van der Waals surface area (Å²) in [5.41, 5.74) is 5.35. The summed E-state index contributed by atoms with van der Waals surface area (Å²) in [6, 6.07) is 13.5. The van der Waals surface area contributed by atoms with Gasteiger partial charge in [0.1, 0.15) is 17.6 Å². The van der Waals surface area contributed by atoms with E-state index in [0.29, 0.717) is 5.92 Å². The van der Waals surface area contributed by atoms with Crippen molar-refractivity contribution in [2.24, 2.45) is 11.8 Å². The number of benzene rings is 2. The molecule has 1 atom stereocenters. The largest absolute Gasteiger partial charge is 0.508 e. The molecule has 3 N–H and O–H groups in total. The Kier molecular flexibility index (Phi) is 8.89. The van der Waals surface area contributed by atoms with E-state index >= 15 is 0 Å². The van der Waals surface area contributed by atoms with Gasteiger partial charge in [0.2, 0.25) is 0 Å². The molecule has 2 aromatic rings. The van der Waals surface area contributed by atoms with Gasteiger partial charge in [-0.3, -0.25) is 0 Å². The van der Waals surface area contributed by atoms with E-state index in [1.165, 1.54) is 50.5 Å². The number of rotatable bonds is 9. The van der Waals surface area contributed by atoms with Gasteiger partial charge in [-0.2, -0.15) is 0 Å². The minimum absolute atomic E-state index is 0.196. The normalized spacial score (nSPS) is 23.5. The van der Waals surface area contributed by atoms with Crippen LogP contribution in [-0.4, -0.2) is 28.0 Å². The number of ether oxygens (including phenoxy) is 1. The maximum Gasteiger partial charge on any atom is 0.119 e. The highest BCUT2D eigenvalue weighted by atomic mass is 16.5. The molecule has 0 bridgehead atoms. The first-order valence-electron chi connectivity index (χ1n) is 14.7. The van der Waals surface area contributed by atoms with Crippen LogP contribution in [0.25, 0.3) is 5.57 Å². The number of aliphatic hydroxyl groups is 2. The van der Waals surface area contributed by atoms with Crippen LogP contribution in [0.3, 0.4) is 0 Å². The minimum atomic E-state index is -0.727. The van der Waals surface area contributed by atoms with Crippen molar-refractivity contribution < 1.29 is 20.1 Å². The second kappa shape index (κ2) is 12.5. The molecule has 2 fully saturated rings. The van der Waals surface area contributed by atoms with Crippen LogP contribution in [0.4, 0.5) is 0 Å². The lowest BCUT2D eigenvalue weighted by atomic mass is 9.72. The lowest BCUT2D eigenvalue weighted by Crippen LogP contribution is -2.23. The zero-order valence-electron chi connectivity index (χ0n) is 22.2. The number of allylic oxidation sites excluding steroid dienone is 1. The van der Waals surface area contributed by atoms with Crippen LogP contribution in [0.5, 0.6) is 11.5 Å². The molecule has 0 radical (unpaired) electrons. The zero-order valence-corrected chi connectivity index (χ0v) is 22.2. The van der Waals surface area contributed by atoms with Gasteiger partial charge in [0.15, 0.2) is 0 Å². The molecule has 0 aromatic heterocycles. The average molecular weight is 505 g/mol. The van der Waals surface area contributed by atoms with E-state index in [2.05, 4.69) is 0 Å². The number of phenolic OH excluding ortho intramolecular Hbond substituents is 1. The van der Waals surface area contributed by atoms with Gasteiger partial charge in [-0.25, -0.2) is 0 Å². The molecule has 3 aliphatic rings. The Hall–Kier alpha value is -2.30. The molecular weight excluding hydrogens is 460 g/mol. The van der Waals surface area contributed by atoms with Crippen LogP contribution in [-0.2, 0) is 6.42 Å². The molecule has 1 unspecified atom stereocenters. The van der Waals surface area contributed by atoms with Crippen molar-refractivity contribution in [2.75, 3.05) is 6.61 Å². The molecule has 200 valence electrons. The van der Waals surface area contributed by atoms with E-state index in [0.717, 1.165) is 85.5 Å². The Morgan fingerprint density at radius 2 is 1.59 bits per heavy atom. The molecular formula is C33H44O4. The number of fused-ring (bicyclic) bond motifs is 1. The number of aliphatic hydroxyl groups excluding tert-OH is 2. The average Bonchev–Trinajstić information content (AvgIpc) is 2.93. The third-order valence-electron chi connectivity index (χ3n) is 9.05. The van der Waals surface area contributed by atoms with E-state index < -0.39 is 6.10 Å². The monoisotopic (exact) mass is 504 g/mol. The van der Waals surface area contributed by atoms with Gasteiger partial charge in [-0.1, -0.05) is 62.3 Å². The summed E-state index contributed by atoms with van der Waals surface area (Å²) in [6.07, 6.45) is 15.2. The third-order valence-corrected chi connectivity index (χ3v) is 9.05. The highest BCUT2D eigenvalue weighted by Gasteiger charge is 2.31. The third kappa shape index (κ3) is 6.59. The zero-order chi connectivity index (χ0) is 25.6. The van der Waals surface area contributed by atoms with Gasteiger partial charge in [0.25, 0.3) is 0 Å². The maximum atomic E-state index is 11.7. The molecule has 37 heavy (non-hydrogen) atoms. The van der Waals surface area contributed by atoms with Crippen LogP contribution in [0.15, 0.2) is 48.0 Å². The summed E-state index contributed by atoms with van der Waals surface area (Å²) < 4.78 is 6.03. The Morgan fingerprint density at radius 1 is 0.838 bits per heavy atom. The van der Waals surface area contributed by atoms with Crippen LogP contribution in [0.2, 0.25) is 0 Å². The Bertz CT molecular complexity index is 1040. The van der Waals surface area contributed by atoms with Crippen LogP contribution >= 0.6 is 0 Å². The maximum absolute atomic E-state index is 11.7. The molecule has 0 heterocycles. The summed E-state index contributed by atoms with van der Waals surface area (Å²) in [4.78, 5) is 0. The van der Waals surface area contributed by atoms with Gasteiger partial charge in [-0.15, -0.1) is 0 Å². The Labute approximate surface area is 222 Å². The fourth-order valence-electron chi connectivity index (χ4n) is 6.91. The van der Waals surface area contributed by atoms with Crippen LogP contribution < -0.4 is 4.74 Å². The fourth-order valence-corrected chi connectivity index (χ4v) is 6.91. The highest BCUT2D eigenvalue weighted by Crippen LogP contribution is 2.46. The summed E-state index contributed by atoms with van der Waals surface area (Å²) in [6.45, 7) is 0.744. The summed E-state index contributed by atoms with van der Waals surface area (Å²) in [7, 11) is 0. The summed E-state index contributed by atoms with van der Waals surface area (Å²) >= 11 is 0. The van der Waals surface area contributed by atoms with E-state index in [4.69, 9.17) is 4.74 Å². The van der Waals surface area contributed by atoms with Crippen molar-refractivity contribution in [1.29, 1.82) is 0 Å². The van der Waals surface area contributed by atoms with Crippen molar-refractivity contribution in [2.45, 2.75) is 102 Å². The van der Waals surface area contributed by atoms with Gasteiger partial charge in [0, 0.05) is 0 Å². The molecule has 2 saturated carbocycles. The Balaban J connectivity index is 1.25. The van der Waals surface area contributed by atoms with Crippen LogP contribution in [0.1, 0.15) is 106 Å². The van der Waals surface area contributed by atoms with Gasteiger partial charge in [-0.05, 0) is 110 Å².